The minimum Gasteiger partial charge on any atom is -0.0991 e. The lowest BCUT2D eigenvalue weighted by molar-refractivity contribution is 0.804. The Morgan fingerprint density at radius 1 is 1.37 bits per heavy atom. The smallest absolute Gasteiger partial charge is 0.00154 e. The second-order valence-electron chi connectivity index (χ2n) is 4.69. The predicted octanol–water partition coefficient (Wildman–Crippen LogP) is 5.90. The molecule has 0 bridgehead atoms. The van der Waals surface area contributed by atoms with E-state index in [1.807, 2.05) is 12.2 Å². The molecule has 0 fully saturated rings. The summed E-state index contributed by atoms with van der Waals surface area (Å²) in [5.41, 5.74) is 3.84. The van der Waals surface area contributed by atoms with Crippen LogP contribution >= 0.6 is 0 Å². The lowest BCUT2D eigenvalue weighted by Crippen LogP contribution is -1.93. The molecule has 0 radical (unpaired) electrons. The van der Waals surface area contributed by atoms with Gasteiger partial charge in [0.15, 0.2) is 0 Å². The molecule has 19 heavy (non-hydrogen) atoms. The third-order valence-corrected chi connectivity index (χ3v) is 3.12. The number of hydrogen-bond acceptors (Lipinski definition) is 0. The fourth-order valence-corrected chi connectivity index (χ4v) is 2.08. The maximum atomic E-state index is 3.71. The van der Waals surface area contributed by atoms with Gasteiger partial charge < -0.3 is 0 Å². The molecule has 0 saturated heterocycles. The van der Waals surface area contributed by atoms with Gasteiger partial charge in [-0.15, -0.1) is 0 Å². The molecule has 0 heteroatoms. The van der Waals surface area contributed by atoms with Gasteiger partial charge in [-0.25, -0.2) is 0 Å². The molecular weight excluding hydrogens is 228 g/mol. The standard InChI is InChI=1S/C19H24/c1-5-9-16(4)13-14-17-11-8-12-19(15-17)18(7-3)10-6-2/h5-6,8-15,18H,1,7H2,2-4H3/b10-6+,14-13+,16-9-. The lowest BCUT2D eigenvalue weighted by atomic mass is 9.94. The molecule has 0 aromatic heterocycles. The molecule has 1 aromatic carbocycles. The monoisotopic (exact) mass is 252 g/mol. The van der Waals surface area contributed by atoms with Crippen LogP contribution in [0.15, 0.2) is 66.8 Å². The second kappa shape index (κ2) is 8.31. The Balaban J connectivity index is 2.94. The molecule has 0 N–H and O–H groups in total. The first-order valence-corrected chi connectivity index (χ1v) is 6.91. The summed E-state index contributed by atoms with van der Waals surface area (Å²) in [5.74, 6) is 0.517. The maximum Gasteiger partial charge on any atom is 0.00154 e. The minimum absolute atomic E-state index is 0.517. The van der Waals surface area contributed by atoms with Crippen LogP contribution in [0.25, 0.3) is 6.08 Å². The second-order valence-corrected chi connectivity index (χ2v) is 4.69. The molecule has 0 saturated carbocycles. The van der Waals surface area contributed by atoms with Crippen LogP contribution in [0.5, 0.6) is 0 Å². The lowest BCUT2D eigenvalue weighted by Gasteiger charge is -2.11. The van der Waals surface area contributed by atoms with Gasteiger partial charge in [-0.3, -0.25) is 0 Å². The third kappa shape index (κ3) is 5.13. The molecule has 0 heterocycles. The van der Waals surface area contributed by atoms with E-state index in [-0.39, 0.29) is 0 Å². The van der Waals surface area contributed by atoms with Crippen molar-refractivity contribution >= 4 is 6.08 Å². The van der Waals surface area contributed by atoms with E-state index in [1.165, 1.54) is 16.7 Å². The van der Waals surface area contributed by atoms with Crippen molar-refractivity contribution < 1.29 is 0 Å². The summed E-state index contributed by atoms with van der Waals surface area (Å²) in [6.07, 6.45) is 13.6. The molecule has 0 spiro atoms. The van der Waals surface area contributed by atoms with Gasteiger partial charge in [0.1, 0.15) is 0 Å². The number of hydrogen-bond donors (Lipinski definition) is 0. The zero-order valence-corrected chi connectivity index (χ0v) is 12.3. The molecular formula is C19H24. The van der Waals surface area contributed by atoms with Gasteiger partial charge in [0, 0.05) is 5.92 Å². The van der Waals surface area contributed by atoms with Crippen molar-refractivity contribution in [2.24, 2.45) is 0 Å². The van der Waals surface area contributed by atoms with Crippen molar-refractivity contribution in [2.75, 3.05) is 0 Å². The summed E-state index contributed by atoms with van der Waals surface area (Å²) in [6, 6.07) is 8.75. The molecule has 0 nitrogen and oxygen atoms in total. The van der Waals surface area contributed by atoms with E-state index < -0.39 is 0 Å². The minimum atomic E-state index is 0.517. The maximum absolute atomic E-state index is 3.71. The van der Waals surface area contributed by atoms with Crippen molar-refractivity contribution in [1.82, 2.24) is 0 Å². The summed E-state index contributed by atoms with van der Waals surface area (Å²) in [5, 5.41) is 0. The molecule has 1 rings (SSSR count). The summed E-state index contributed by atoms with van der Waals surface area (Å²) in [4.78, 5) is 0. The summed E-state index contributed by atoms with van der Waals surface area (Å²) < 4.78 is 0. The van der Waals surface area contributed by atoms with Crippen LogP contribution in [0.3, 0.4) is 0 Å². The first-order valence-electron chi connectivity index (χ1n) is 6.91. The summed E-state index contributed by atoms with van der Waals surface area (Å²) >= 11 is 0. The Kier molecular flexibility index (Phi) is 6.67. The highest BCUT2D eigenvalue weighted by Gasteiger charge is 2.04. The topological polar surface area (TPSA) is 0 Å². The van der Waals surface area contributed by atoms with Crippen LogP contribution in [0, 0.1) is 0 Å². The first kappa shape index (κ1) is 15.2. The van der Waals surface area contributed by atoms with E-state index in [0.717, 1.165) is 6.42 Å². The van der Waals surface area contributed by atoms with Gasteiger partial charge in [0.2, 0.25) is 0 Å². The fraction of sp³-hybridized carbons (Fsp3) is 0.263. The van der Waals surface area contributed by atoms with Gasteiger partial charge in [0.25, 0.3) is 0 Å². The largest absolute Gasteiger partial charge is 0.0991 e. The average Bonchev–Trinajstić information content (AvgIpc) is 2.43. The van der Waals surface area contributed by atoms with E-state index in [9.17, 15) is 0 Å². The van der Waals surface area contributed by atoms with Crippen molar-refractivity contribution in [3.8, 4) is 0 Å². The fourth-order valence-electron chi connectivity index (χ4n) is 2.08. The van der Waals surface area contributed by atoms with Crippen LogP contribution in [-0.4, -0.2) is 0 Å². The average molecular weight is 252 g/mol. The molecule has 0 aliphatic rings. The van der Waals surface area contributed by atoms with Gasteiger partial charge in [0.05, 0.1) is 0 Å². The normalized spacial score (nSPS) is 14.2. The van der Waals surface area contributed by atoms with Crippen LogP contribution in [0.2, 0.25) is 0 Å². The molecule has 1 aromatic rings. The van der Waals surface area contributed by atoms with E-state index in [2.05, 4.69) is 75.9 Å². The SMILES string of the molecule is C=C/C=C(C)\C=C\c1cccc(C(/C=C/C)CC)c1. The van der Waals surface area contributed by atoms with E-state index in [0.29, 0.717) is 5.92 Å². The molecule has 1 atom stereocenters. The highest BCUT2D eigenvalue weighted by Crippen LogP contribution is 2.22. The van der Waals surface area contributed by atoms with Gasteiger partial charge >= 0.3 is 0 Å². The zero-order chi connectivity index (χ0) is 14.1. The molecule has 0 amide bonds. The molecule has 1 unspecified atom stereocenters. The summed E-state index contributed by atoms with van der Waals surface area (Å²) in [6.45, 7) is 10.1. The van der Waals surface area contributed by atoms with Crippen molar-refractivity contribution in [2.45, 2.75) is 33.1 Å². The first-order chi connectivity index (χ1) is 9.21. The number of rotatable bonds is 6. The van der Waals surface area contributed by atoms with Gasteiger partial charge in [-0.1, -0.05) is 79.8 Å². The molecule has 0 aliphatic heterocycles. The van der Waals surface area contributed by atoms with E-state index in [1.54, 1.807) is 0 Å². The van der Waals surface area contributed by atoms with Crippen LogP contribution < -0.4 is 0 Å². The van der Waals surface area contributed by atoms with E-state index in [4.69, 9.17) is 0 Å². The molecule has 0 aliphatic carbocycles. The van der Waals surface area contributed by atoms with Crippen molar-refractivity contribution in [3.63, 3.8) is 0 Å². The summed E-state index contributed by atoms with van der Waals surface area (Å²) in [7, 11) is 0. The van der Waals surface area contributed by atoms with E-state index >= 15 is 0 Å². The zero-order valence-electron chi connectivity index (χ0n) is 12.3. The Morgan fingerprint density at radius 2 is 2.16 bits per heavy atom. The van der Waals surface area contributed by atoms with Crippen LogP contribution in [0.1, 0.15) is 44.2 Å². The van der Waals surface area contributed by atoms with Crippen LogP contribution in [-0.2, 0) is 0 Å². The Labute approximate surface area is 117 Å². The third-order valence-electron chi connectivity index (χ3n) is 3.12. The van der Waals surface area contributed by atoms with Gasteiger partial charge in [-0.2, -0.15) is 0 Å². The predicted molar refractivity (Wildman–Crippen MR) is 87.3 cm³/mol. The Hall–Kier alpha value is -1.82. The van der Waals surface area contributed by atoms with Crippen LogP contribution in [0.4, 0.5) is 0 Å². The quantitative estimate of drug-likeness (QED) is 0.436. The van der Waals surface area contributed by atoms with Crippen molar-refractivity contribution in [3.05, 3.63) is 77.9 Å². The highest BCUT2D eigenvalue weighted by atomic mass is 14.1. The van der Waals surface area contributed by atoms with Gasteiger partial charge in [-0.05, 0) is 31.4 Å². The number of allylic oxidation sites excluding steroid dienone is 6. The van der Waals surface area contributed by atoms with Crippen molar-refractivity contribution in [1.29, 1.82) is 0 Å². The highest BCUT2D eigenvalue weighted by molar-refractivity contribution is 5.54. The Bertz CT molecular complexity index is 487. The Morgan fingerprint density at radius 3 is 2.79 bits per heavy atom. The molecule has 100 valence electrons. The number of benzene rings is 1.